The molecule has 2 N–H and O–H groups in total. The quantitative estimate of drug-likeness (QED) is 0.493. The number of carbonyl (C=O) groups is 1. The maximum Gasteiger partial charge on any atom is 0.180 e. The zero-order valence-corrected chi connectivity index (χ0v) is 15.5. The van der Waals surface area contributed by atoms with Crippen LogP contribution >= 0.6 is 0 Å². The van der Waals surface area contributed by atoms with Crippen LogP contribution in [-0.4, -0.2) is 25.3 Å². The van der Waals surface area contributed by atoms with E-state index < -0.39 is 0 Å². The molecule has 6 nitrogen and oxygen atoms in total. The fraction of sp³-hybridized carbons (Fsp3) is 0.136. The van der Waals surface area contributed by atoms with Crippen molar-refractivity contribution < 1.29 is 9.90 Å². The predicted molar refractivity (Wildman–Crippen MR) is 108 cm³/mol. The molecule has 0 saturated carbocycles. The maximum absolute atomic E-state index is 11.7. The number of aromatic hydroxyl groups is 1. The molecular weight excluding hydrogens is 352 g/mol. The zero-order chi connectivity index (χ0) is 19.5. The molecule has 6 heteroatoms. The van der Waals surface area contributed by atoms with Crippen molar-refractivity contribution in [1.29, 1.82) is 0 Å². The molecule has 0 unspecified atom stereocenters. The number of benzene rings is 2. The van der Waals surface area contributed by atoms with E-state index in [1.54, 1.807) is 24.5 Å². The van der Waals surface area contributed by atoms with Crippen LogP contribution in [0.25, 0.3) is 16.9 Å². The first kappa shape index (κ1) is 17.7. The third-order valence-corrected chi connectivity index (χ3v) is 4.65. The van der Waals surface area contributed by atoms with Gasteiger partial charge in [-0.1, -0.05) is 31.2 Å². The third-order valence-electron chi connectivity index (χ3n) is 4.65. The highest BCUT2D eigenvalue weighted by Crippen LogP contribution is 2.25. The lowest BCUT2D eigenvalue weighted by Gasteiger charge is -2.08. The van der Waals surface area contributed by atoms with E-state index in [9.17, 15) is 9.90 Å². The van der Waals surface area contributed by atoms with E-state index in [0.29, 0.717) is 18.8 Å². The van der Waals surface area contributed by atoms with Gasteiger partial charge in [-0.05, 0) is 29.8 Å². The molecule has 0 spiro atoms. The topological polar surface area (TPSA) is 79.5 Å². The Kier molecular flexibility index (Phi) is 4.76. The predicted octanol–water partition coefficient (Wildman–Crippen LogP) is 4.31. The van der Waals surface area contributed by atoms with Gasteiger partial charge in [-0.25, -0.2) is 9.97 Å². The highest BCUT2D eigenvalue weighted by molar-refractivity contribution is 5.95. The van der Waals surface area contributed by atoms with E-state index in [-0.39, 0.29) is 11.5 Å². The number of ketones is 1. The van der Waals surface area contributed by atoms with Gasteiger partial charge in [0.05, 0.1) is 11.9 Å². The SMILES string of the molecule is CCC(=O)c1ccc(CNc2nccn3c(-c4ccc(O)cc4)cnc23)cc1. The number of nitrogens with one attached hydrogen (secondary N) is 1. The standard InChI is InChI=1S/C22H20N4O2/c1-2-20(28)17-5-3-15(4-6-17)13-24-21-22-25-14-19(26(22)12-11-23-21)16-7-9-18(27)10-8-16/h3-12,14,27H,2,13H2,1H3,(H,23,24). The summed E-state index contributed by atoms with van der Waals surface area (Å²) < 4.78 is 1.96. The van der Waals surface area contributed by atoms with Gasteiger partial charge in [-0.15, -0.1) is 0 Å². The molecule has 2 aromatic heterocycles. The number of Topliss-reactive ketones (excluding diaryl/α,β-unsaturated/α-hetero) is 1. The summed E-state index contributed by atoms with van der Waals surface area (Å²) in [6.07, 6.45) is 5.89. The number of carbonyl (C=O) groups excluding carboxylic acids is 1. The van der Waals surface area contributed by atoms with Gasteiger partial charge >= 0.3 is 0 Å². The van der Waals surface area contributed by atoms with Crippen LogP contribution < -0.4 is 5.32 Å². The van der Waals surface area contributed by atoms with Crippen LogP contribution in [0.4, 0.5) is 5.82 Å². The largest absolute Gasteiger partial charge is 0.508 e. The second-order valence-electron chi connectivity index (χ2n) is 6.49. The van der Waals surface area contributed by atoms with Crippen LogP contribution in [0.15, 0.2) is 67.1 Å². The summed E-state index contributed by atoms with van der Waals surface area (Å²) in [5, 5.41) is 12.8. The minimum absolute atomic E-state index is 0.144. The van der Waals surface area contributed by atoms with E-state index in [2.05, 4.69) is 15.3 Å². The number of fused-ring (bicyclic) bond motifs is 1. The van der Waals surface area contributed by atoms with Crippen molar-refractivity contribution in [3.63, 3.8) is 0 Å². The average Bonchev–Trinajstić information content (AvgIpc) is 3.17. The molecule has 0 aliphatic rings. The lowest BCUT2D eigenvalue weighted by molar-refractivity contribution is 0.0988. The molecule has 0 aliphatic carbocycles. The van der Waals surface area contributed by atoms with Crippen molar-refractivity contribution in [2.24, 2.45) is 0 Å². The van der Waals surface area contributed by atoms with Gasteiger partial charge in [0, 0.05) is 36.5 Å². The van der Waals surface area contributed by atoms with Crippen LogP contribution in [0.2, 0.25) is 0 Å². The molecule has 0 amide bonds. The van der Waals surface area contributed by atoms with Gasteiger partial charge in [0.2, 0.25) is 0 Å². The summed E-state index contributed by atoms with van der Waals surface area (Å²) in [6.45, 7) is 2.44. The lowest BCUT2D eigenvalue weighted by Crippen LogP contribution is -2.04. The van der Waals surface area contributed by atoms with Crippen molar-refractivity contribution in [3.05, 3.63) is 78.2 Å². The van der Waals surface area contributed by atoms with E-state index >= 15 is 0 Å². The fourth-order valence-electron chi connectivity index (χ4n) is 3.09. The van der Waals surface area contributed by atoms with E-state index in [4.69, 9.17) is 0 Å². The number of aromatic nitrogens is 3. The molecule has 140 valence electrons. The number of phenolic OH excluding ortho intramolecular Hbond substituents is 1. The summed E-state index contributed by atoms with van der Waals surface area (Å²) >= 11 is 0. The number of phenols is 1. The number of imidazole rings is 1. The highest BCUT2D eigenvalue weighted by atomic mass is 16.3. The van der Waals surface area contributed by atoms with Gasteiger partial charge in [0.15, 0.2) is 17.2 Å². The Morgan fingerprint density at radius 1 is 1.07 bits per heavy atom. The smallest absolute Gasteiger partial charge is 0.180 e. The van der Waals surface area contributed by atoms with Crippen LogP contribution in [0.3, 0.4) is 0 Å². The van der Waals surface area contributed by atoms with E-state index in [1.807, 2.05) is 53.9 Å². The van der Waals surface area contributed by atoms with Crippen LogP contribution in [0, 0.1) is 0 Å². The molecule has 2 heterocycles. The highest BCUT2D eigenvalue weighted by Gasteiger charge is 2.10. The number of rotatable bonds is 6. The Morgan fingerprint density at radius 3 is 2.54 bits per heavy atom. The van der Waals surface area contributed by atoms with Crippen molar-refractivity contribution in [1.82, 2.24) is 14.4 Å². The minimum atomic E-state index is 0.144. The van der Waals surface area contributed by atoms with Crippen molar-refractivity contribution in [2.75, 3.05) is 5.32 Å². The van der Waals surface area contributed by atoms with E-state index in [0.717, 1.165) is 28.0 Å². The molecule has 0 radical (unpaired) electrons. The summed E-state index contributed by atoms with van der Waals surface area (Å²) in [5.41, 5.74) is 4.39. The van der Waals surface area contributed by atoms with Gasteiger partial charge in [0.1, 0.15) is 5.75 Å². The Morgan fingerprint density at radius 2 is 1.82 bits per heavy atom. The fourth-order valence-corrected chi connectivity index (χ4v) is 3.09. The first-order chi connectivity index (χ1) is 13.7. The third kappa shape index (κ3) is 3.44. The first-order valence-electron chi connectivity index (χ1n) is 9.13. The Balaban J connectivity index is 1.56. The number of nitrogens with zero attached hydrogens (tertiary/aromatic N) is 3. The van der Waals surface area contributed by atoms with Gasteiger partial charge in [-0.3, -0.25) is 9.20 Å². The molecule has 4 rings (SSSR count). The molecule has 0 aliphatic heterocycles. The second-order valence-corrected chi connectivity index (χ2v) is 6.49. The molecule has 0 saturated heterocycles. The average molecular weight is 372 g/mol. The van der Waals surface area contributed by atoms with Crippen molar-refractivity contribution in [3.8, 4) is 17.0 Å². The van der Waals surface area contributed by atoms with Crippen LogP contribution in [0.1, 0.15) is 29.3 Å². The summed E-state index contributed by atoms with van der Waals surface area (Å²) in [6, 6.07) is 14.6. The first-order valence-corrected chi connectivity index (χ1v) is 9.13. The molecule has 0 atom stereocenters. The summed E-state index contributed by atoms with van der Waals surface area (Å²) in [5.74, 6) is 1.06. The number of hydrogen-bond donors (Lipinski definition) is 2. The molecule has 0 fully saturated rings. The summed E-state index contributed by atoms with van der Waals surface area (Å²) in [4.78, 5) is 20.7. The Hall–Kier alpha value is -3.67. The monoisotopic (exact) mass is 372 g/mol. The maximum atomic E-state index is 11.7. The van der Waals surface area contributed by atoms with Crippen LogP contribution in [-0.2, 0) is 6.54 Å². The molecule has 0 bridgehead atoms. The van der Waals surface area contributed by atoms with Gasteiger partial charge < -0.3 is 10.4 Å². The van der Waals surface area contributed by atoms with Gasteiger partial charge in [-0.2, -0.15) is 0 Å². The molecule has 2 aromatic carbocycles. The minimum Gasteiger partial charge on any atom is -0.508 e. The van der Waals surface area contributed by atoms with Crippen molar-refractivity contribution in [2.45, 2.75) is 19.9 Å². The van der Waals surface area contributed by atoms with E-state index in [1.165, 1.54) is 0 Å². The van der Waals surface area contributed by atoms with Crippen LogP contribution in [0.5, 0.6) is 5.75 Å². The normalized spacial score (nSPS) is 10.9. The molecular formula is C22H20N4O2. The molecule has 4 aromatic rings. The van der Waals surface area contributed by atoms with Gasteiger partial charge in [0.25, 0.3) is 0 Å². The second kappa shape index (κ2) is 7.52. The Labute approximate surface area is 162 Å². The zero-order valence-electron chi connectivity index (χ0n) is 15.5. The Bertz CT molecular complexity index is 1120. The summed E-state index contributed by atoms with van der Waals surface area (Å²) in [7, 11) is 0. The lowest BCUT2D eigenvalue weighted by atomic mass is 10.1. The number of anilines is 1. The van der Waals surface area contributed by atoms with Crippen molar-refractivity contribution >= 4 is 17.2 Å². The molecule has 28 heavy (non-hydrogen) atoms. The number of hydrogen-bond acceptors (Lipinski definition) is 5.